The quantitative estimate of drug-likeness (QED) is 0.349. The summed E-state index contributed by atoms with van der Waals surface area (Å²) in [6.45, 7) is 4.52. The number of hydrogen-bond acceptors (Lipinski definition) is 8. The van der Waals surface area contributed by atoms with Gasteiger partial charge in [-0.1, -0.05) is 30.0 Å². The Labute approximate surface area is 282 Å². The molecule has 5 fully saturated rings. The Morgan fingerprint density at radius 3 is 2.27 bits per heavy atom. The van der Waals surface area contributed by atoms with Crippen molar-refractivity contribution in [1.29, 1.82) is 0 Å². The van der Waals surface area contributed by atoms with Crippen LogP contribution in [0.5, 0.6) is 5.75 Å². The van der Waals surface area contributed by atoms with Crippen molar-refractivity contribution >= 4 is 27.7 Å². The fourth-order valence-corrected chi connectivity index (χ4v) is 10.4. The van der Waals surface area contributed by atoms with Crippen LogP contribution in [0.2, 0.25) is 0 Å². The minimum atomic E-state index is -3.81. The van der Waals surface area contributed by atoms with Gasteiger partial charge in [0.15, 0.2) is 11.5 Å². The highest BCUT2D eigenvalue weighted by Crippen LogP contribution is 2.60. The van der Waals surface area contributed by atoms with Crippen molar-refractivity contribution in [2.45, 2.75) is 45.4 Å². The summed E-state index contributed by atoms with van der Waals surface area (Å²) in [7, 11) is -3.81. The van der Waals surface area contributed by atoms with Gasteiger partial charge in [0.05, 0.1) is 17.9 Å². The smallest absolute Gasteiger partial charge is 0.285 e. The molecule has 2 amide bonds. The van der Waals surface area contributed by atoms with Crippen molar-refractivity contribution < 1.29 is 22.7 Å². The van der Waals surface area contributed by atoms with Crippen LogP contribution in [0.1, 0.15) is 77.4 Å². The Morgan fingerprint density at radius 2 is 1.60 bits per heavy atom. The van der Waals surface area contributed by atoms with Gasteiger partial charge in [0.1, 0.15) is 5.75 Å². The Bertz CT molecular complexity index is 1820. The lowest BCUT2D eigenvalue weighted by atomic mass is 9.50. The molecule has 0 unspecified atom stereocenters. The van der Waals surface area contributed by atoms with E-state index in [1.807, 2.05) is 54.3 Å². The lowest BCUT2D eigenvalue weighted by Gasteiger charge is -2.56. The van der Waals surface area contributed by atoms with Crippen LogP contribution >= 0.6 is 0 Å². The third-order valence-corrected chi connectivity index (χ3v) is 11.8. The van der Waals surface area contributed by atoms with E-state index >= 15 is 0 Å². The van der Waals surface area contributed by atoms with E-state index in [-0.39, 0.29) is 22.8 Å². The van der Waals surface area contributed by atoms with Crippen LogP contribution in [0, 0.1) is 35.0 Å². The number of aromatic nitrogens is 2. The Morgan fingerprint density at radius 1 is 0.896 bits per heavy atom. The summed E-state index contributed by atoms with van der Waals surface area (Å²) >= 11 is 0. The first-order valence-corrected chi connectivity index (χ1v) is 18.6. The van der Waals surface area contributed by atoms with Crippen LogP contribution < -0.4 is 14.4 Å². The summed E-state index contributed by atoms with van der Waals surface area (Å²) in [5.41, 5.74) is 1.77. The second kappa shape index (κ2) is 13.2. The van der Waals surface area contributed by atoms with Gasteiger partial charge >= 0.3 is 0 Å². The summed E-state index contributed by atoms with van der Waals surface area (Å²) in [4.78, 5) is 30.3. The highest BCUT2D eigenvalue weighted by molar-refractivity contribution is 7.90. The van der Waals surface area contributed by atoms with Crippen LogP contribution in [0.25, 0.3) is 0 Å². The summed E-state index contributed by atoms with van der Waals surface area (Å²) in [6, 6.07) is 18.1. The highest BCUT2D eigenvalue weighted by Gasteiger charge is 2.52. The molecular weight excluding hydrogens is 627 g/mol. The molecule has 1 N–H and O–H groups in total. The first kappa shape index (κ1) is 32.1. The first-order valence-electron chi connectivity index (χ1n) is 16.9. The number of piperazine rings is 1. The summed E-state index contributed by atoms with van der Waals surface area (Å²) in [5.74, 6) is 8.69. The monoisotopic (exact) mass is 667 g/mol. The number of carbonyl (C=O) groups is 2. The van der Waals surface area contributed by atoms with Gasteiger partial charge in [0, 0.05) is 37.3 Å². The largest absolute Gasteiger partial charge is 0.494 e. The van der Waals surface area contributed by atoms with Gasteiger partial charge in [-0.2, -0.15) is 0 Å². The zero-order valence-corrected chi connectivity index (χ0v) is 28.0. The third kappa shape index (κ3) is 7.04. The van der Waals surface area contributed by atoms with Gasteiger partial charge in [-0.05, 0) is 111 Å². The van der Waals surface area contributed by atoms with Crippen LogP contribution in [0.15, 0.2) is 60.7 Å². The first-order chi connectivity index (χ1) is 23.2. The van der Waals surface area contributed by atoms with Crippen molar-refractivity contribution in [1.82, 2.24) is 19.8 Å². The number of benzene rings is 2. The Kier molecular flexibility index (Phi) is 8.86. The van der Waals surface area contributed by atoms with Crippen LogP contribution in [0.3, 0.4) is 0 Å². The van der Waals surface area contributed by atoms with Crippen molar-refractivity contribution in [3.8, 4) is 17.6 Å². The molecule has 10 nitrogen and oxygen atoms in total. The van der Waals surface area contributed by atoms with Crippen LogP contribution in [-0.2, 0) is 10.0 Å². The average Bonchev–Trinajstić information content (AvgIpc) is 3.06. The van der Waals surface area contributed by atoms with Crippen molar-refractivity contribution in [3.05, 3.63) is 83.0 Å². The van der Waals surface area contributed by atoms with Gasteiger partial charge in [0.25, 0.3) is 11.8 Å². The molecular formula is C37H41N5O5S. The molecule has 4 bridgehead atoms. The summed E-state index contributed by atoms with van der Waals surface area (Å²) in [6.07, 6.45) is 6.54. The number of amides is 2. The van der Waals surface area contributed by atoms with E-state index < -0.39 is 15.9 Å². The highest BCUT2D eigenvalue weighted by atomic mass is 32.2. The zero-order chi connectivity index (χ0) is 33.3. The number of sulfonamides is 1. The van der Waals surface area contributed by atoms with Gasteiger partial charge in [0.2, 0.25) is 10.0 Å². The predicted molar refractivity (Wildman–Crippen MR) is 182 cm³/mol. The van der Waals surface area contributed by atoms with Gasteiger partial charge in [-0.25, -0.2) is 13.1 Å². The molecule has 1 saturated heterocycles. The van der Waals surface area contributed by atoms with Crippen LogP contribution in [0.4, 0.5) is 5.82 Å². The molecule has 11 heteroatoms. The third-order valence-electron chi connectivity index (χ3n) is 10.3. The van der Waals surface area contributed by atoms with E-state index in [0.717, 1.165) is 30.6 Å². The molecule has 2 aromatic carbocycles. The molecule has 0 atom stereocenters. The minimum Gasteiger partial charge on any atom is -0.494 e. The van der Waals surface area contributed by atoms with E-state index in [2.05, 4.69) is 26.8 Å². The molecule has 1 aliphatic heterocycles. The average molecular weight is 668 g/mol. The maximum atomic E-state index is 13.5. The molecule has 48 heavy (non-hydrogen) atoms. The maximum Gasteiger partial charge on any atom is 0.285 e. The number of nitrogens with one attached hydrogen (secondary N) is 1. The second-order valence-electron chi connectivity index (χ2n) is 13.9. The van der Waals surface area contributed by atoms with Crippen LogP contribution in [-0.4, -0.2) is 73.9 Å². The lowest BCUT2D eigenvalue weighted by Crippen LogP contribution is -2.51. The molecule has 8 rings (SSSR count). The van der Waals surface area contributed by atoms with Gasteiger partial charge in [-0.15, -0.1) is 10.2 Å². The number of ether oxygens (including phenoxy) is 1. The topological polar surface area (TPSA) is 122 Å². The number of nitrogens with zero attached hydrogens (tertiary/aromatic N) is 4. The molecule has 0 spiro atoms. The van der Waals surface area contributed by atoms with E-state index in [1.165, 1.54) is 25.3 Å². The van der Waals surface area contributed by atoms with Gasteiger partial charge in [-0.3, -0.25) is 9.59 Å². The molecule has 2 heterocycles. The maximum absolute atomic E-state index is 13.5. The van der Waals surface area contributed by atoms with Crippen molar-refractivity contribution in [3.63, 3.8) is 0 Å². The summed E-state index contributed by atoms with van der Waals surface area (Å²) < 4.78 is 34.1. The SMILES string of the molecule is CCOc1cccc(C#Cc2ccccc2C(=O)N2CCN(c3ccc(C(=O)NS(=O)(=O)CC45CC6CC(CC(C6)C4)C5)nn3)CC2)c1. The van der Waals surface area contributed by atoms with E-state index in [4.69, 9.17) is 4.74 Å². The van der Waals surface area contributed by atoms with Gasteiger partial charge < -0.3 is 14.5 Å². The molecule has 250 valence electrons. The molecule has 3 aromatic rings. The van der Waals surface area contributed by atoms with E-state index in [1.54, 1.807) is 17.0 Å². The number of anilines is 1. The molecule has 0 radical (unpaired) electrons. The van der Waals surface area contributed by atoms with Crippen molar-refractivity contribution in [2.75, 3.05) is 43.4 Å². The molecule has 5 aliphatic rings. The molecule has 1 aromatic heterocycles. The van der Waals surface area contributed by atoms with Crippen molar-refractivity contribution in [2.24, 2.45) is 23.2 Å². The number of carbonyl (C=O) groups excluding carboxylic acids is 2. The fraction of sp³-hybridized carbons (Fsp3) is 0.459. The lowest BCUT2D eigenvalue weighted by molar-refractivity contribution is -0.0391. The normalized spacial score (nSPS) is 24.5. The molecule has 4 aliphatic carbocycles. The standard InChI is InChI=1S/C37H41N5O5S/c1-2-47-31-8-5-6-26(21-31)10-11-30-7-3-4-9-32(30)36(44)42-16-14-41(15-17-42)34-13-12-33(38-39-34)35(43)40-48(45,46)25-37-22-27-18-28(23-37)20-29(19-27)24-37/h3-9,12-13,21,27-29H,2,14-20,22-25H2,1H3,(H,40,43). The van der Waals surface area contributed by atoms with E-state index in [9.17, 15) is 18.0 Å². The zero-order valence-electron chi connectivity index (χ0n) is 27.2. The Hall–Kier alpha value is -4.43. The second-order valence-corrected chi connectivity index (χ2v) is 15.6. The Balaban J connectivity index is 0.941. The number of hydrogen-bond donors (Lipinski definition) is 1. The number of rotatable bonds is 8. The summed E-state index contributed by atoms with van der Waals surface area (Å²) in [5, 5.41) is 8.30. The fourth-order valence-electron chi connectivity index (χ4n) is 8.77. The molecule has 4 saturated carbocycles. The minimum absolute atomic E-state index is 0.00312. The van der Waals surface area contributed by atoms with E-state index in [0.29, 0.717) is 67.5 Å². The predicted octanol–water partition coefficient (Wildman–Crippen LogP) is 4.51.